The SMILES string of the molecule is CNCC(C)NCc1cn(C)nn1. The molecule has 74 valence electrons. The highest BCUT2D eigenvalue weighted by Gasteiger charge is 2.01. The van der Waals surface area contributed by atoms with Crippen molar-refractivity contribution in [1.29, 1.82) is 0 Å². The van der Waals surface area contributed by atoms with Gasteiger partial charge in [-0.1, -0.05) is 5.21 Å². The lowest BCUT2D eigenvalue weighted by Gasteiger charge is -2.11. The Balaban J connectivity index is 2.26. The van der Waals surface area contributed by atoms with E-state index < -0.39 is 0 Å². The van der Waals surface area contributed by atoms with Crippen LogP contribution in [-0.2, 0) is 13.6 Å². The number of likely N-dealkylation sites (N-methyl/N-ethyl adjacent to an activating group) is 1. The molecular weight excluding hydrogens is 166 g/mol. The Bertz CT molecular complexity index is 244. The first-order chi connectivity index (χ1) is 6.22. The average molecular weight is 183 g/mol. The summed E-state index contributed by atoms with van der Waals surface area (Å²) >= 11 is 0. The summed E-state index contributed by atoms with van der Waals surface area (Å²) in [6.07, 6.45) is 1.92. The summed E-state index contributed by atoms with van der Waals surface area (Å²) in [7, 11) is 3.81. The minimum atomic E-state index is 0.451. The van der Waals surface area contributed by atoms with Crippen LogP contribution >= 0.6 is 0 Å². The molecule has 1 unspecified atom stereocenters. The molecule has 1 aromatic heterocycles. The first-order valence-corrected chi connectivity index (χ1v) is 4.45. The summed E-state index contributed by atoms with van der Waals surface area (Å²) in [5.74, 6) is 0. The van der Waals surface area contributed by atoms with Gasteiger partial charge in [0, 0.05) is 32.4 Å². The summed E-state index contributed by atoms with van der Waals surface area (Å²) in [5.41, 5.74) is 0.977. The van der Waals surface area contributed by atoms with Gasteiger partial charge in [-0.2, -0.15) is 0 Å². The average Bonchev–Trinajstić information content (AvgIpc) is 2.49. The molecule has 1 rings (SSSR count). The van der Waals surface area contributed by atoms with E-state index in [1.807, 2.05) is 20.3 Å². The fourth-order valence-electron chi connectivity index (χ4n) is 1.13. The summed E-state index contributed by atoms with van der Waals surface area (Å²) in [5, 5.41) is 14.3. The van der Waals surface area contributed by atoms with Gasteiger partial charge in [-0.3, -0.25) is 4.68 Å². The van der Waals surface area contributed by atoms with Crippen molar-refractivity contribution in [3.8, 4) is 0 Å². The van der Waals surface area contributed by atoms with Gasteiger partial charge >= 0.3 is 0 Å². The monoisotopic (exact) mass is 183 g/mol. The van der Waals surface area contributed by atoms with E-state index in [1.54, 1.807) is 4.68 Å². The van der Waals surface area contributed by atoms with Gasteiger partial charge in [-0.15, -0.1) is 5.10 Å². The standard InChI is InChI=1S/C8H17N5/c1-7(4-9-2)10-5-8-6-13(3)12-11-8/h6-7,9-10H,4-5H2,1-3H3. The fraction of sp³-hybridized carbons (Fsp3) is 0.750. The van der Waals surface area contributed by atoms with E-state index in [2.05, 4.69) is 27.9 Å². The third kappa shape index (κ3) is 3.52. The quantitative estimate of drug-likeness (QED) is 0.647. The molecule has 0 spiro atoms. The van der Waals surface area contributed by atoms with Crippen LogP contribution in [0.3, 0.4) is 0 Å². The second-order valence-corrected chi connectivity index (χ2v) is 3.22. The van der Waals surface area contributed by atoms with Crippen LogP contribution in [0.5, 0.6) is 0 Å². The molecule has 2 N–H and O–H groups in total. The number of nitrogens with one attached hydrogen (secondary N) is 2. The minimum Gasteiger partial charge on any atom is -0.318 e. The smallest absolute Gasteiger partial charge is 0.0964 e. The van der Waals surface area contributed by atoms with Gasteiger partial charge in [0.2, 0.25) is 0 Å². The Morgan fingerprint density at radius 2 is 2.38 bits per heavy atom. The molecule has 5 heteroatoms. The van der Waals surface area contributed by atoms with Crippen molar-refractivity contribution >= 4 is 0 Å². The van der Waals surface area contributed by atoms with E-state index in [-0.39, 0.29) is 0 Å². The highest BCUT2D eigenvalue weighted by molar-refractivity contribution is 4.91. The van der Waals surface area contributed by atoms with Gasteiger partial charge < -0.3 is 10.6 Å². The van der Waals surface area contributed by atoms with Crippen molar-refractivity contribution in [3.05, 3.63) is 11.9 Å². The first kappa shape index (κ1) is 10.1. The summed E-state index contributed by atoms with van der Waals surface area (Å²) in [6.45, 7) is 3.86. The van der Waals surface area contributed by atoms with Crippen molar-refractivity contribution in [1.82, 2.24) is 25.6 Å². The second-order valence-electron chi connectivity index (χ2n) is 3.22. The molecule has 0 fully saturated rings. The Morgan fingerprint density at radius 3 is 2.92 bits per heavy atom. The Hall–Kier alpha value is -0.940. The van der Waals surface area contributed by atoms with Crippen LogP contribution in [0, 0.1) is 0 Å². The normalized spacial score (nSPS) is 13.2. The molecule has 0 radical (unpaired) electrons. The maximum absolute atomic E-state index is 3.98. The van der Waals surface area contributed by atoms with Crippen molar-refractivity contribution in [2.45, 2.75) is 19.5 Å². The maximum Gasteiger partial charge on any atom is 0.0964 e. The zero-order chi connectivity index (χ0) is 9.68. The van der Waals surface area contributed by atoms with Gasteiger partial charge in [-0.05, 0) is 14.0 Å². The van der Waals surface area contributed by atoms with Gasteiger partial charge in [0.05, 0.1) is 5.69 Å². The topological polar surface area (TPSA) is 54.8 Å². The predicted molar refractivity (Wildman–Crippen MR) is 51.2 cm³/mol. The van der Waals surface area contributed by atoms with Crippen molar-refractivity contribution in [2.24, 2.45) is 7.05 Å². The molecule has 0 aliphatic heterocycles. The Morgan fingerprint density at radius 1 is 1.62 bits per heavy atom. The molecule has 0 aliphatic carbocycles. The fourth-order valence-corrected chi connectivity index (χ4v) is 1.13. The number of rotatable bonds is 5. The molecule has 0 amide bonds. The highest BCUT2D eigenvalue weighted by Crippen LogP contribution is 1.91. The lowest BCUT2D eigenvalue weighted by molar-refractivity contribution is 0.518. The number of aromatic nitrogens is 3. The summed E-state index contributed by atoms with van der Waals surface area (Å²) < 4.78 is 1.71. The molecule has 13 heavy (non-hydrogen) atoms. The number of nitrogens with zero attached hydrogens (tertiary/aromatic N) is 3. The van der Waals surface area contributed by atoms with Crippen LogP contribution in [0.4, 0.5) is 0 Å². The molecule has 5 nitrogen and oxygen atoms in total. The van der Waals surface area contributed by atoms with Crippen molar-refractivity contribution in [2.75, 3.05) is 13.6 Å². The molecule has 1 heterocycles. The van der Waals surface area contributed by atoms with Crippen LogP contribution in [0.2, 0.25) is 0 Å². The highest BCUT2D eigenvalue weighted by atomic mass is 15.4. The minimum absolute atomic E-state index is 0.451. The zero-order valence-corrected chi connectivity index (χ0v) is 8.41. The first-order valence-electron chi connectivity index (χ1n) is 4.45. The van der Waals surface area contributed by atoms with E-state index in [9.17, 15) is 0 Å². The van der Waals surface area contributed by atoms with E-state index in [0.29, 0.717) is 6.04 Å². The van der Waals surface area contributed by atoms with E-state index >= 15 is 0 Å². The van der Waals surface area contributed by atoms with Crippen LogP contribution in [0.15, 0.2) is 6.20 Å². The maximum atomic E-state index is 3.98. The van der Waals surface area contributed by atoms with Crippen LogP contribution in [0.25, 0.3) is 0 Å². The molecule has 0 bridgehead atoms. The van der Waals surface area contributed by atoms with E-state index in [4.69, 9.17) is 0 Å². The molecule has 0 aromatic carbocycles. The molecule has 1 aromatic rings. The third-order valence-corrected chi connectivity index (χ3v) is 1.79. The molecular formula is C8H17N5. The third-order valence-electron chi connectivity index (χ3n) is 1.79. The summed E-state index contributed by atoms with van der Waals surface area (Å²) in [6, 6.07) is 0.451. The van der Waals surface area contributed by atoms with Gasteiger partial charge in [0.15, 0.2) is 0 Å². The number of aryl methyl sites for hydroxylation is 1. The van der Waals surface area contributed by atoms with Gasteiger partial charge in [0.25, 0.3) is 0 Å². The van der Waals surface area contributed by atoms with E-state index in [0.717, 1.165) is 18.8 Å². The number of hydrogen-bond acceptors (Lipinski definition) is 4. The molecule has 0 saturated heterocycles. The predicted octanol–water partition coefficient (Wildman–Crippen LogP) is -0.487. The Kier molecular flexibility index (Phi) is 3.85. The lowest BCUT2D eigenvalue weighted by atomic mass is 10.3. The van der Waals surface area contributed by atoms with Crippen molar-refractivity contribution < 1.29 is 0 Å². The molecule has 1 atom stereocenters. The number of hydrogen-bond donors (Lipinski definition) is 2. The molecule has 0 aliphatic rings. The Labute approximate surface area is 78.5 Å². The van der Waals surface area contributed by atoms with Gasteiger partial charge in [-0.25, -0.2) is 0 Å². The van der Waals surface area contributed by atoms with Crippen LogP contribution < -0.4 is 10.6 Å². The lowest BCUT2D eigenvalue weighted by Crippen LogP contribution is -2.34. The summed E-state index contributed by atoms with van der Waals surface area (Å²) in [4.78, 5) is 0. The second kappa shape index (κ2) is 4.94. The van der Waals surface area contributed by atoms with Gasteiger partial charge in [0.1, 0.15) is 0 Å². The van der Waals surface area contributed by atoms with E-state index in [1.165, 1.54) is 0 Å². The molecule has 0 saturated carbocycles. The van der Waals surface area contributed by atoms with Crippen LogP contribution in [-0.4, -0.2) is 34.6 Å². The van der Waals surface area contributed by atoms with Crippen LogP contribution in [0.1, 0.15) is 12.6 Å². The van der Waals surface area contributed by atoms with Crippen molar-refractivity contribution in [3.63, 3.8) is 0 Å². The zero-order valence-electron chi connectivity index (χ0n) is 8.41. The largest absolute Gasteiger partial charge is 0.318 e.